The number of hydrogen-bond donors (Lipinski definition) is 1. The first kappa shape index (κ1) is 19.7. The summed E-state index contributed by atoms with van der Waals surface area (Å²) in [6.45, 7) is 8.78. The van der Waals surface area contributed by atoms with Gasteiger partial charge in [0.2, 0.25) is 0 Å². The number of hydrogen-bond acceptors (Lipinski definition) is 3. The van der Waals surface area contributed by atoms with Gasteiger partial charge in [-0.15, -0.1) is 0 Å². The Morgan fingerprint density at radius 2 is 1.86 bits per heavy atom. The van der Waals surface area contributed by atoms with Crippen LogP contribution in [0.4, 0.5) is 5.69 Å². The maximum absolute atomic E-state index is 12.9. The molecule has 3 aromatic rings. The van der Waals surface area contributed by atoms with E-state index in [4.69, 9.17) is 4.74 Å². The Bertz CT molecular complexity index is 1090. The molecule has 1 heterocycles. The quantitative estimate of drug-likeness (QED) is 0.721. The molecule has 0 spiro atoms. The van der Waals surface area contributed by atoms with Crippen LogP contribution in [0, 0.1) is 12.3 Å². The normalized spacial score (nSPS) is 11.5. The monoisotopic (exact) mass is 378 g/mol. The Balaban J connectivity index is 1.97. The van der Waals surface area contributed by atoms with Gasteiger partial charge in [-0.25, -0.2) is 0 Å². The van der Waals surface area contributed by atoms with E-state index < -0.39 is 0 Å². The number of fused-ring (bicyclic) bond motifs is 1. The maximum atomic E-state index is 12.9. The van der Waals surface area contributed by atoms with Gasteiger partial charge in [0, 0.05) is 34.8 Å². The van der Waals surface area contributed by atoms with Gasteiger partial charge in [0.05, 0.1) is 7.11 Å². The summed E-state index contributed by atoms with van der Waals surface area (Å²) in [5, 5.41) is 4.27. The number of aromatic nitrogens is 1. The van der Waals surface area contributed by atoms with Gasteiger partial charge < -0.3 is 14.6 Å². The predicted octanol–water partition coefficient (Wildman–Crippen LogP) is 4.62. The number of carbonyl (C=O) groups is 1. The average molecular weight is 378 g/mol. The van der Waals surface area contributed by atoms with Crippen molar-refractivity contribution >= 4 is 22.4 Å². The van der Waals surface area contributed by atoms with E-state index in [0.717, 1.165) is 10.9 Å². The van der Waals surface area contributed by atoms with Crippen LogP contribution in [0.3, 0.4) is 0 Å². The smallest absolute Gasteiger partial charge is 0.258 e. The van der Waals surface area contributed by atoms with Crippen molar-refractivity contribution in [2.24, 2.45) is 5.41 Å². The Morgan fingerprint density at radius 1 is 1.11 bits per heavy atom. The first-order chi connectivity index (χ1) is 13.2. The first-order valence-electron chi connectivity index (χ1n) is 9.28. The zero-order valence-electron chi connectivity index (χ0n) is 17.0. The number of aryl methyl sites for hydroxylation is 1. The molecule has 0 saturated heterocycles. The van der Waals surface area contributed by atoms with E-state index in [2.05, 4.69) is 26.1 Å². The van der Waals surface area contributed by atoms with E-state index in [1.807, 2.05) is 25.1 Å². The highest BCUT2D eigenvalue weighted by Gasteiger charge is 2.15. The molecule has 1 aromatic heterocycles. The highest BCUT2D eigenvalue weighted by molar-refractivity contribution is 6.09. The molecular weight excluding hydrogens is 352 g/mol. The molecule has 0 aliphatic rings. The van der Waals surface area contributed by atoms with Gasteiger partial charge in [0.25, 0.3) is 11.5 Å². The zero-order chi connectivity index (χ0) is 20.5. The third-order valence-electron chi connectivity index (χ3n) is 4.59. The summed E-state index contributed by atoms with van der Waals surface area (Å²) in [5.74, 6) is 0.491. The van der Waals surface area contributed by atoms with Crippen molar-refractivity contribution in [1.82, 2.24) is 4.57 Å². The van der Waals surface area contributed by atoms with Crippen molar-refractivity contribution < 1.29 is 9.53 Å². The SMILES string of the molecule is COc1ccc(C(=O)Nc2cccc3c(=O)n(CC(C)(C)C)ccc23)c(C)c1. The molecule has 2 aromatic carbocycles. The Labute approximate surface area is 165 Å². The van der Waals surface area contributed by atoms with Crippen molar-refractivity contribution in [2.75, 3.05) is 12.4 Å². The van der Waals surface area contributed by atoms with E-state index in [0.29, 0.717) is 28.9 Å². The van der Waals surface area contributed by atoms with Crippen molar-refractivity contribution in [2.45, 2.75) is 34.2 Å². The second-order valence-electron chi connectivity index (χ2n) is 8.21. The van der Waals surface area contributed by atoms with Gasteiger partial charge in [-0.3, -0.25) is 9.59 Å². The lowest BCUT2D eigenvalue weighted by atomic mass is 9.96. The third-order valence-corrected chi connectivity index (χ3v) is 4.59. The molecule has 0 atom stereocenters. The molecule has 0 aliphatic heterocycles. The topological polar surface area (TPSA) is 60.3 Å². The second kappa shape index (κ2) is 7.50. The van der Waals surface area contributed by atoms with Gasteiger partial charge in [0.15, 0.2) is 0 Å². The number of benzene rings is 2. The minimum Gasteiger partial charge on any atom is -0.497 e. The van der Waals surface area contributed by atoms with Crippen molar-refractivity contribution in [3.05, 3.63) is 70.1 Å². The number of rotatable bonds is 4. The lowest BCUT2D eigenvalue weighted by molar-refractivity contribution is 0.102. The number of nitrogens with one attached hydrogen (secondary N) is 1. The Morgan fingerprint density at radius 3 is 2.50 bits per heavy atom. The van der Waals surface area contributed by atoms with Crippen LogP contribution in [0.5, 0.6) is 5.75 Å². The molecule has 0 aliphatic carbocycles. The molecule has 1 N–H and O–H groups in total. The van der Waals surface area contributed by atoms with E-state index in [1.54, 1.807) is 42.1 Å². The van der Waals surface area contributed by atoms with Crippen molar-refractivity contribution in [1.29, 1.82) is 0 Å². The number of anilines is 1. The summed E-state index contributed by atoms with van der Waals surface area (Å²) in [4.78, 5) is 25.7. The van der Waals surface area contributed by atoms with Gasteiger partial charge >= 0.3 is 0 Å². The fraction of sp³-hybridized carbons (Fsp3) is 0.304. The minimum absolute atomic E-state index is 0.00474. The van der Waals surface area contributed by atoms with Crippen LogP contribution < -0.4 is 15.6 Å². The predicted molar refractivity (Wildman–Crippen MR) is 113 cm³/mol. The molecule has 5 heteroatoms. The van der Waals surface area contributed by atoms with E-state index in [-0.39, 0.29) is 16.9 Å². The second-order valence-corrected chi connectivity index (χ2v) is 8.21. The van der Waals surface area contributed by atoms with Crippen LogP contribution in [0.1, 0.15) is 36.7 Å². The summed E-state index contributed by atoms with van der Waals surface area (Å²) in [5.41, 5.74) is 1.96. The van der Waals surface area contributed by atoms with Crippen LogP contribution >= 0.6 is 0 Å². The van der Waals surface area contributed by atoms with Gasteiger partial charge in [-0.05, 0) is 54.3 Å². The lowest BCUT2D eigenvalue weighted by Gasteiger charge is -2.20. The fourth-order valence-electron chi connectivity index (χ4n) is 3.27. The molecule has 5 nitrogen and oxygen atoms in total. The molecule has 28 heavy (non-hydrogen) atoms. The minimum atomic E-state index is -0.216. The number of methoxy groups -OCH3 is 1. The molecule has 0 bridgehead atoms. The molecule has 0 unspecified atom stereocenters. The van der Waals surface area contributed by atoms with E-state index in [1.165, 1.54) is 0 Å². The lowest BCUT2D eigenvalue weighted by Crippen LogP contribution is -2.26. The standard InChI is InChI=1S/C23H26N2O3/c1-15-13-16(28-5)9-10-17(15)21(26)24-20-8-6-7-19-18(20)11-12-25(22(19)27)14-23(2,3)4/h6-13H,14H2,1-5H3,(H,24,26). The maximum Gasteiger partial charge on any atom is 0.258 e. The fourth-order valence-corrected chi connectivity index (χ4v) is 3.27. The summed E-state index contributed by atoms with van der Waals surface area (Å²) in [6, 6.07) is 12.6. The van der Waals surface area contributed by atoms with Gasteiger partial charge in [-0.1, -0.05) is 26.8 Å². The first-order valence-corrected chi connectivity index (χ1v) is 9.28. The third kappa shape index (κ3) is 4.09. The summed E-state index contributed by atoms with van der Waals surface area (Å²) < 4.78 is 6.92. The number of ether oxygens (including phenoxy) is 1. The number of nitrogens with zero attached hydrogens (tertiary/aromatic N) is 1. The highest BCUT2D eigenvalue weighted by Crippen LogP contribution is 2.24. The van der Waals surface area contributed by atoms with E-state index >= 15 is 0 Å². The number of carbonyl (C=O) groups excluding carboxylic acids is 1. The molecular formula is C23H26N2O3. The summed E-state index contributed by atoms with van der Waals surface area (Å²) in [6.07, 6.45) is 1.80. The Hall–Kier alpha value is -3.08. The largest absolute Gasteiger partial charge is 0.497 e. The van der Waals surface area contributed by atoms with Crippen LogP contribution in [-0.2, 0) is 6.54 Å². The average Bonchev–Trinajstić information content (AvgIpc) is 2.63. The molecule has 146 valence electrons. The summed E-state index contributed by atoms with van der Waals surface area (Å²) >= 11 is 0. The van der Waals surface area contributed by atoms with Crippen molar-refractivity contribution in [3.63, 3.8) is 0 Å². The van der Waals surface area contributed by atoms with Crippen molar-refractivity contribution in [3.8, 4) is 5.75 Å². The molecule has 0 saturated carbocycles. The van der Waals surface area contributed by atoms with E-state index in [9.17, 15) is 9.59 Å². The van der Waals surface area contributed by atoms with Gasteiger partial charge in [0.1, 0.15) is 5.75 Å². The molecule has 1 amide bonds. The molecule has 0 radical (unpaired) electrons. The molecule has 0 fully saturated rings. The Kier molecular flexibility index (Phi) is 5.27. The van der Waals surface area contributed by atoms with Crippen LogP contribution in [0.2, 0.25) is 0 Å². The van der Waals surface area contributed by atoms with Gasteiger partial charge in [-0.2, -0.15) is 0 Å². The van der Waals surface area contributed by atoms with Crippen LogP contribution in [-0.4, -0.2) is 17.6 Å². The zero-order valence-corrected chi connectivity index (χ0v) is 17.0. The highest BCUT2D eigenvalue weighted by atomic mass is 16.5. The molecule has 3 rings (SSSR count). The van der Waals surface area contributed by atoms with Crippen LogP contribution in [0.15, 0.2) is 53.5 Å². The number of amides is 1. The summed E-state index contributed by atoms with van der Waals surface area (Å²) in [7, 11) is 1.59. The number of pyridine rings is 1. The van der Waals surface area contributed by atoms with Crippen LogP contribution in [0.25, 0.3) is 10.8 Å².